The minimum atomic E-state index is -1.28. The molecule has 3 unspecified atom stereocenters. The predicted molar refractivity (Wildman–Crippen MR) is 54.2 cm³/mol. The number of ether oxygens (including phenoxy) is 1. The molecule has 0 aromatic carbocycles. The van der Waals surface area contributed by atoms with Crippen molar-refractivity contribution in [3.63, 3.8) is 0 Å². The lowest BCUT2D eigenvalue weighted by Gasteiger charge is -2.09. The van der Waals surface area contributed by atoms with Crippen LogP contribution in [0.25, 0.3) is 0 Å². The van der Waals surface area contributed by atoms with Crippen LogP contribution in [0.2, 0.25) is 0 Å². The molecule has 3 atom stereocenters. The highest BCUT2D eigenvalue weighted by atomic mass is 16.6. The van der Waals surface area contributed by atoms with Gasteiger partial charge in [0, 0.05) is 0 Å². The first-order valence-electron chi connectivity index (χ1n) is 4.61. The van der Waals surface area contributed by atoms with Gasteiger partial charge in [-0.15, -0.1) is 0 Å². The second-order valence-electron chi connectivity index (χ2n) is 3.11. The second-order valence-corrected chi connectivity index (χ2v) is 3.11. The van der Waals surface area contributed by atoms with Crippen molar-refractivity contribution in [3.8, 4) is 0 Å². The third-order valence-corrected chi connectivity index (χ3v) is 1.34. The standard InChI is InChI=1S/C6H10O5.C3H6O3/c1-3(7)6(10)11-4(2)5(8)9;1-2(4)3(5)6/h3-4,7H,1-2H3,(H,8,9);2,4H,1H3,(H,5,6). The van der Waals surface area contributed by atoms with E-state index in [-0.39, 0.29) is 0 Å². The van der Waals surface area contributed by atoms with E-state index in [1.807, 2.05) is 0 Å². The van der Waals surface area contributed by atoms with Gasteiger partial charge < -0.3 is 25.2 Å². The van der Waals surface area contributed by atoms with Gasteiger partial charge in [-0.1, -0.05) is 0 Å². The van der Waals surface area contributed by atoms with Crippen LogP contribution >= 0.6 is 0 Å². The summed E-state index contributed by atoms with van der Waals surface area (Å²) >= 11 is 0. The van der Waals surface area contributed by atoms with Crippen molar-refractivity contribution in [3.05, 3.63) is 0 Å². The highest BCUT2D eigenvalue weighted by Gasteiger charge is 2.18. The zero-order valence-electron chi connectivity index (χ0n) is 9.65. The Balaban J connectivity index is 0. The normalized spacial score (nSPS) is 14.6. The molecule has 100 valence electrons. The smallest absolute Gasteiger partial charge is 0.344 e. The molecule has 0 aromatic heterocycles. The molecule has 0 saturated carbocycles. The minimum Gasteiger partial charge on any atom is -0.479 e. The second kappa shape index (κ2) is 8.48. The molecule has 0 heterocycles. The first-order valence-corrected chi connectivity index (χ1v) is 4.61. The molecule has 4 N–H and O–H groups in total. The van der Waals surface area contributed by atoms with Crippen molar-refractivity contribution in [2.75, 3.05) is 0 Å². The number of aliphatic hydroxyl groups excluding tert-OH is 2. The first kappa shape index (κ1) is 17.7. The first-order chi connectivity index (χ1) is 7.59. The minimum absolute atomic E-state index is 0.931. The van der Waals surface area contributed by atoms with Crippen LogP contribution in [0.4, 0.5) is 0 Å². The number of esters is 1. The molecule has 0 rings (SSSR count). The summed E-state index contributed by atoms with van der Waals surface area (Å²) in [5, 5.41) is 32.6. The number of carboxylic acid groups (broad SMARTS) is 2. The van der Waals surface area contributed by atoms with Crippen molar-refractivity contribution >= 4 is 17.9 Å². The summed E-state index contributed by atoms with van der Waals surface area (Å²) in [6.07, 6.45) is -3.72. The Morgan fingerprint density at radius 2 is 1.24 bits per heavy atom. The van der Waals surface area contributed by atoms with Gasteiger partial charge in [-0.2, -0.15) is 0 Å². The van der Waals surface area contributed by atoms with E-state index in [2.05, 4.69) is 4.74 Å². The predicted octanol–water partition coefficient (Wildman–Crippen LogP) is -1.16. The molecule has 0 radical (unpaired) electrons. The van der Waals surface area contributed by atoms with Gasteiger partial charge in [-0.3, -0.25) is 0 Å². The molecule has 0 bridgehead atoms. The fourth-order valence-electron chi connectivity index (χ4n) is 0.323. The number of carbonyl (C=O) groups is 3. The molecule has 8 heteroatoms. The maximum Gasteiger partial charge on any atom is 0.344 e. The molecule has 8 nitrogen and oxygen atoms in total. The average Bonchev–Trinajstić information content (AvgIpc) is 2.17. The van der Waals surface area contributed by atoms with E-state index in [0.29, 0.717) is 0 Å². The van der Waals surface area contributed by atoms with Crippen LogP contribution in [0.15, 0.2) is 0 Å². The molecule has 0 fully saturated rings. The largest absolute Gasteiger partial charge is 0.479 e. The number of hydrogen-bond donors (Lipinski definition) is 4. The van der Waals surface area contributed by atoms with E-state index in [4.69, 9.17) is 20.4 Å². The van der Waals surface area contributed by atoms with E-state index < -0.39 is 36.2 Å². The van der Waals surface area contributed by atoms with Crippen LogP contribution in [0.5, 0.6) is 0 Å². The molecular formula is C9H16O8. The SMILES string of the molecule is CC(O)C(=O)O.CC(O)C(=O)OC(C)C(=O)O. The monoisotopic (exact) mass is 252 g/mol. The van der Waals surface area contributed by atoms with Gasteiger partial charge in [-0.05, 0) is 20.8 Å². The molecule has 0 aliphatic carbocycles. The summed E-state index contributed by atoms with van der Waals surface area (Å²) in [6.45, 7) is 3.61. The van der Waals surface area contributed by atoms with Gasteiger partial charge in [0.05, 0.1) is 0 Å². The zero-order chi connectivity index (χ0) is 14.2. The summed E-state index contributed by atoms with van der Waals surface area (Å²) < 4.78 is 4.28. The van der Waals surface area contributed by atoms with Gasteiger partial charge in [-0.25, -0.2) is 14.4 Å². The Bertz CT molecular complexity index is 270. The van der Waals surface area contributed by atoms with Gasteiger partial charge in [0.25, 0.3) is 0 Å². The van der Waals surface area contributed by atoms with Crippen molar-refractivity contribution in [2.24, 2.45) is 0 Å². The number of carbonyl (C=O) groups excluding carboxylic acids is 1. The van der Waals surface area contributed by atoms with Crippen LogP contribution in [0.3, 0.4) is 0 Å². The Hall–Kier alpha value is -1.67. The fraction of sp³-hybridized carbons (Fsp3) is 0.667. The molecule has 0 spiro atoms. The van der Waals surface area contributed by atoms with E-state index in [1.54, 1.807) is 0 Å². The van der Waals surface area contributed by atoms with Crippen molar-refractivity contribution in [1.82, 2.24) is 0 Å². The molecule has 0 aromatic rings. The number of hydrogen-bond acceptors (Lipinski definition) is 6. The lowest BCUT2D eigenvalue weighted by atomic mass is 10.4. The summed E-state index contributed by atoms with van der Waals surface area (Å²) in [7, 11) is 0. The number of carboxylic acids is 2. The summed E-state index contributed by atoms with van der Waals surface area (Å²) in [5.41, 5.74) is 0. The quantitative estimate of drug-likeness (QED) is 0.459. The molecule has 0 saturated heterocycles. The Morgan fingerprint density at radius 1 is 0.882 bits per heavy atom. The van der Waals surface area contributed by atoms with E-state index >= 15 is 0 Å². The lowest BCUT2D eigenvalue weighted by molar-refractivity contribution is -0.168. The summed E-state index contributed by atoms with van der Waals surface area (Å²) in [6, 6.07) is 0. The van der Waals surface area contributed by atoms with E-state index in [0.717, 1.165) is 0 Å². The lowest BCUT2D eigenvalue weighted by Crippen LogP contribution is -2.29. The Morgan fingerprint density at radius 3 is 1.41 bits per heavy atom. The molecule has 17 heavy (non-hydrogen) atoms. The van der Waals surface area contributed by atoms with Crippen molar-refractivity contribution in [1.29, 1.82) is 0 Å². The maximum atomic E-state index is 10.5. The van der Waals surface area contributed by atoms with Gasteiger partial charge >= 0.3 is 17.9 Å². The number of aliphatic hydroxyl groups is 2. The Kier molecular flexibility index (Phi) is 8.84. The van der Waals surface area contributed by atoms with Gasteiger partial charge in [0.15, 0.2) is 6.10 Å². The number of aliphatic carboxylic acids is 2. The van der Waals surface area contributed by atoms with Gasteiger partial charge in [0.1, 0.15) is 12.2 Å². The summed E-state index contributed by atoms with van der Waals surface area (Å²) in [4.78, 5) is 30.1. The maximum absolute atomic E-state index is 10.5. The van der Waals surface area contributed by atoms with Crippen LogP contribution < -0.4 is 0 Å². The Labute approximate surface area is 97.4 Å². The molecule has 0 aliphatic heterocycles. The average molecular weight is 252 g/mol. The third kappa shape index (κ3) is 10.6. The highest BCUT2D eigenvalue weighted by Crippen LogP contribution is 1.94. The molecule has 0 aliphatic rings. The molecule has 0 amide bonds. The van der Waals surface area contributed by atoms with Crippen LogP contribution in [-0.4, -0.2) is 56.6 Å². The van der Waals surface area contributed by atoms with Crippen LogP contribution in [0, 0.1) is 0 Å². The van der Waals surface area contributed by atoms with Crippen molar-refractivity contribution in [2.45, 2.75) is 39.1 Å². The zero-order valence-corrected chi connectivity index (χ0v) is 9.65. The molecular weight excluding hydrogens is 236 g/mol. The van der Waals surface area contributed by atoms with E-state index in [9.17, 15) is 14.4 Å². The van der Waals surface area contributed by atoms with E-state index in [1.165, 1.54) is 20.8 Å². The van der Waals surface area contributed by atoms with Crippen LogP contribution in [0.1, 0.15) is 20.8 Å². The fourth-order valence-corrected chi connectivity index (χ4v) is 0.323. The third-order valence-electron chi connectivity index (χ3n) is 1.34. The van der Waals surface area contributed by atoms with Crippen LogP contribution in [-0.2, 0) is 19.1 Å². The number of rotatable bonds is 4. The van der Waals surface area contributed by atoms with Gasteiger partial charge in [0.2, 0.25) is 0 Å². The topological polar surface area (TPSA) is 141 Å². The van der Waals surface area contributed by atoms with Crippen molar-refractivity contribution < 1.29 is 39.5 Å². The summed E-state index contributed by atoms with van der Waals surface area (Å²) in [5.74, 6) is -3.35. The highest BCUT2D eigenvalue weighted by molar-refractivity contribution is 5.79.